The first-order chi connectivity index (χ1) is 13.8. The number of thiophene rings is 1. The molecule has 3 aromatic rings. The Bertz CT molecular complexity index is 1050. The van der Waals surface area contributed by atoms with E-state index in [0.29, 0.717) is 40.1 Å². The Hall–Kier alpha value is -1.83. The van der Waals surface area contributed by atoms with Crippen LogP contribution in [0.5, 0.6) is 0 Å². The zero-order chi connectivity index (χ0) is 21.0. The van der Waals surface area contributed by atoms with E-state index < -0.39 is 0 Å². The van der Waals surface area contributed by atoms with Crippen LogP contribution in [0.15, 0.2) is 45.7 Å². The van der Waals surface area contributed by atoms with Crippen molar-refractivity contribution in [2.45, 2.75) is 50.7 Å². The van der Waals surface area contributed by atoms with E-state index in [9.17, 15) is 9.59 Å². The molecule has 1 atom stereocenters. The molecular formula is C21H24ClN3O2S2. The third-order valence-corrected chi connectivity index (χ3v) is 6.68. The highest BCUT2D eigenvalue weighted by atomic mass is 35.5. The van der Waals surface area contributed by atoms with Crippen LogP contribution in [0.2, 0.25) is 5.02 Å². The van der Waals surface area contributed by atoms with Gasteiger partial charge in [-0.2, -0.15) is 0 Å². The lowest BCUT2D eigenvalue weighted by Crippen LogP contribution is -2.31. The summed E-state index contributed by atoms with van der Waals surface area (Å²) in [6.07, 6.45) is 0.854. The molecule has 0 fully saturated rings. The van der Waals surface area contributed by atoms with Crippen molar-refractivity contribution in [3.05, 3.63) is 56.0 Å². The van der Waals surface area contributed by atoms with Gasteiger partial charge in [0.1, 0.15) is 0 Å². The van der Waals surface area contributed by atoms with E-state index in [-0.39, 0.29) is 16.7 Å². The summed E-state index contributed by atoms with van der Waals surface area (Å²) in [4.78, 5) is 31.4. The van der Waals surface area contributed by atoms with Crippen molar-refractivity contribution >= 4 is 51.5 Å². The van der Waals surface area contributed by atoms with Gasteiger partial charge in [0.25, 0.3) is 5.56 Å². The van der Waals surface area contributed by atoms with Crippen molar-refractivity contribution < 1.29 is 4.79 Å². The van der Waals surface area contributed by atoms with Gasteiger partial charge < -0.3 is 5.32 Å². The number of fused-ring (bicyclic) bond motifs is 1. The normalized spacial score (nSPS) is 12.4. The summed E-state index contributed by atoms with van der Waals surface area (Å²) in [5.41, 5.74) is 0.456. The largest absolute Gasteiger partial charge is 0.350 e. The first-order valence-corrected chi connectivity index (χ1v) is 11.7. The van der Waals surface area contributed by atoms with Gasteiger partial charge in [-0.05, 0) is 48.9 Å². The number of nitrogens with one attached hydrogen (secondary N) is 1. The molecule has 0 aliphatic rings. The van der Waals surface area contributed by atoms with Crippen LogP contribution in [0.1, 0.15) is 32.1 Å². The summed E-state index contributed by atoms with van der Waals surface area (Å²) in [7, 11) is 0. The number of carbonyl (C=O) groups is 1. The Morgan fingerprint density at radius 1 is 1.31 bits per heavy atom. The van der Waals surface area contributed by atoms with E-state index in [1.807, 2.05) is 24.4 Å². The van der Waals surface area contributed by atoms with Crippen molar-refractivity contribution in [2.24, 2.45) is 5.92 Å². The summed E-state index contributed by atoms with van der Waals surface area (Å²) in [6.45, 7) is 7.13. The second-order valence-corrected chi connectivity index (χ2v) is 10.0. The number of hydrogen-bond acceptors (Lipinski definition) is 5. The number of amides is 1. The lowest BCUT2D eigenvalue weighted by Gasteiger charge is -2.17. The molecular weight excluding hydrogens is 426 g/mol. The minimum absolute atomic E-state index is 0.0840. The summed E-state index contributed by atoms with van der Waals surface area (Å²) in [5.74, 6) is 0.367. The monoisotopic (exact) mass is 449 g/mol. The van der Waals surface area contributed by atoms with Crippen LogP contribution in [0.3, 0.4) is 0 Å². The molecule has 0 saturated heterocycles. The Kier molecular flexibility index (Phi) is 7.38. The van der Waals surface area contributed by atoms with Gasteiger partial charge in [-0.15, -0.1) is 11.3 Å². The zero-order valence-corrected chi connectivity index (χ0v) is 19.0. The summed E-state index contributed by atoms with van der Waals surface area (Å²) >= 11 is 9.00. The Morgan fingerprint density at radius 2 is 2.10 bits per heavy atom. The number of thioether (sulfide) groups is 1. The van der Waals surface area contributed by atoms with Crippen LogP contribution in [-0.2, 0) is 17.9 Å². The number of rotatable bonds is 8. The molecule has 8 heteroatoms. The van der Waals surface area contributed by atoms with Crippen molar-refractivity contribution in [1.29, 1.82) is 0 Å². The fraction of sp³-hybridized carbons (Fsp3) is 0.381. The molecule has 0 aliphatic heterocycles. The van der Waals surface area contributed by atoms with Crippen molar-refractivity contribution in [3.63, 3.8) is 0 Å². The maximum Gasteiger partial charge on any atom is 0.262 e. The van der Waals surface area contributed by atoms with Gasteiger partial charge in [0.05, 0.1) is 22.7 Å². The molecule has 0 saturated carbocycles. The van der Waals surface area contributed by atoms with E-state index >= 15 is 0 Å². The minimum atomic E-state index is -0.385. The minimum Gasteiger partial charge on any atom is -0.350 e. The van der Waals surface area contributed by atoms with E-state index in [1.165, 1.54) is 11.8 Å². The van der Waals surface area contributed by atoms with Crippen molar-refractivity contribution in [1.82, 2.24) is 14.9 Å². The van der Waals surface area contributed by atoms with Gasteiger partial charge in [-0.1, -0.05) is 43.3 Å². The van der Waals surface area contributed by atoms with Crippen LogP contribution in [0, 0.1) is 5.92 Å². The number of halogens is 1. The van der Waals surface area contributed by atoms with Gasteiger partial charge in [-0.3, -0.25) is 14.2 Å². The molecule has 2 aromatic heterocycles. The zero-order valence-electron chi connectivity index (χ0n) is 16.6. The fourth-order valence-electron chi connectivity index (χ4n) is 2.79. The predicted octanol–water partition coefficient (Wildman–Crippen LogP) is 4.95. The van der Waals surface area contributed by atoms with Crippen LogP contribution < -0.4 is 10.9 Å². The van der Waals surface area contributed by atoms with E-state index in [2.05, 4.69) is 24.1 Å². The predicted molar refractivity (Wildman–Crippen MR) is 122 cm³/mol. The molecule has 2 heterocycles. The lowest BCUT2D eigenvalue weighted by molar-refractivity contribution is -0.120. The second-order valence-electron chi connectivity index (χ2n) is 7.25. The molecule has 0 radical (unpaired) electrons. The molecule has 1 aromatic carbocycles. The van der Waals surface area contributed by atoms with E-state index in [0.717, 1.165) is 11.3 Å². The van der Waals surface area contributed by atoms with Gasteiger partial charge in [0.2, 0.25) is 5.91 Å². The van der Waals surface area contributed by atoms with Crippen molar-refractivity contribution in [2.75, 3.05) is 0 Å². The topological polar surface area (TPSA) is 64.0 Å². The number of carbonyl (C=O) groups excluding carboxylic acids is 1. The second kappa shape index (κ2) is 9.78. The number of hydrogen-bond donors (Lipinski definition) is 1. The molecule has 1 N–H and O–H groups in total. The Balaban J connectivity index is 1.86. The molecule has 29 heavy (non-hydrogen) atoms. The van der Waals surface area contributed by atoms with Crippen LogP contribution >= 0.6 is 34.7 Å². The lowest BCUT2D eigenvalue weighted by atomic mass is 10.1. The molecule has 0 spiro atoms. The summed E-state index contributed by atoms with van der Waals surface area (Å²) in [5, 5.41) is 6.16. The highest BCUT2D eigenvalue weighted by Crippen LogP contribution is 2.25. The molecule has 0 bridgehead atoms. The average molecular weight is 450 g/mol. The third-order valence-electron chi connectivity index (χ3n) is 4.48. The van der Waals surface area contributed by atoms with E-state index in [4.69, 9.17) is 11.6 Å². The smallest absolute Gasteiger partial charge is 0.262 e. The highest BCUT2D eigenvalue weighted by Gasteiger charge is 2.19. The Morgan fingerprint density at radius 3 is 2.79 bits per heavy atom. The molecule has 154 valence electrons. The molecule has 3 rings (SSSR count). The SMILES string of the molecule is CC(C)CCn1c(SC(C)C(=O)NCc2cccs2)nc2cc(Cl)ccc2c1=O. The first kappa shape index (κ1) is 21.9. The third kappa shape index (κ3) is 5.62. The number of nitrogens with zero attached hydrogens (tertiary/aromatic N) is 2. The molecule has 0 aliphatic carbocycles. The van der Waals surface area contributed by atoms with Crippen LogP contribution in [-0.4, -0.2) is 20.7 Å². The highest BCUT2D eigenvalue weighted by molar-refractivity contribution is 8.00. The van der Waals surface area contributed by atoms with Crippen molar-refractivity contribution in [3.8, 4) is 0 Å². The summed E-state index contributed by atoms with van der Waals surface area (Å²) in [6, 6.07) is 9.05. The molecule has 1 amide bonds. The fourth-order valence-corrected chi connectivity index (χ4v) is 4.56. The van der Waals surface area contributed by atoms with Crippen LogP contribution in [0.25, 0.3) is 10.9 Å². The maximum absolute atomic E-state index is 13.1. The van der Waals surface area contributed by atoms with E-state index in [1.54, 1.807) is 34.1 Å². The standard InChI is InChI=1S/C21H24ClN3O2S2/c1-13(2)8-9-25-20(27)17-7-6-15(22)11-18(17)24-21(25)29-14(3)19(26)23-12-16-5-4-10-28-16/h4-7,10-11,13-14H,8-9,12H2,1-3H3,(H,23,26). The van der Waals surface area contributed by atoms with Gasteiger partial charge in [-0.25, -0.2) is 4.98 Å². The number of aromatic nitrogens is 2. The summed E-state index contributed by atoms with van der Waals surface area (Å²) < 4.78 is 1.68. The maximum atomic E-state index is 13.1. The molecule has 5 nitrogen and oxygen atoms in total. The van der Waals surface area contributed by atoms with Gasteiger partial charge >= 0.3 is 0 Å². The Labute approximate surface area is 183 Å². The number of benzene rings is 1. The average Bonchev–Trinajstić information content (AvgIpc) is 3.18. The van der Waals surface area contributed by atoms with Gasteiger partial charge in [0, 0.05) is 16.4 Å². The van der Waals surface area contributed by atoms with Crippen LogP contribution in [0.4, 0.5) is 0 Å². The first-order valence-electron chi connectivity index (χ1n) is 9.52. The quantitative estimate of drug-likeness (QED) is 0.390. The van der Waals surface area contributed by atoms with Gasteiger partial charge in [0.15, 0.2) is 5.16 Å². The molecule has 1 unspecified atom stereocenters.